The standard InChI is InChI=1S/C21H13N3.Li.H/c1-5-17(16-6-3-12-22-18(16)7-1)19-11-10-15-9-8-14-4-2-13-23-20(14)21(15)24-19;;/h1-13H;;/q;+1;-1. The summed E-state index contributed by atoms with van der Waals surface area (Å²) < 4.78 is 0. The number of benzene rings is 2. The third kappa shape index (κ3) is 2.58. The van der Waals surface area contributed by atoms with Gasteiger partial charge in [0, 0.05) is 34.1 Å². The Hall–Kier alpha value is -2.73. The Morgan fingerprint density at radius 2 is 1.40 bits per heavy atom. The molecule has 3 aromatic heterocycles. The van der Waals surface area contributed by atoms with Gasteiger partial charge in [-0.25, -0.2) is 4.98 Å². The summed E-state index contributed by atoms with van der Waals surface area (Å²) in [7, 11) is 0. The maximum absolute atomic E-state index is 4.93. The average Bonchev–Trinajstić information content (AvgIpc) is 2.67. The second-order valence-electron chi connectivity index (χ2n) is 5.78. The molecule has 0 spiro atoms. The van der Waals surface area contributed by atoms with Gasteiger partial charge in [-0.3, -0.25) is 9.97 Å². The third-order valence-electron chi connectivity index (χ3n) is 4.35. The number of nitrogens with zero attached hydrogens (tertiary/aromatic N) is 3. The van der Waals surface area contributed by atoms with Gasteiger partial charge in [0.1, 0.15) is 0 Å². The minimum atomic E-state index is 0. The van der Waals surface area contributed by atoms with Crippen molar-refractivity contribution in [1.29, 1.82) is 0 Å². The van der Waals surface area contributed by atoms with Crippen LogP contribution >= 0.6 is 0 Å². The van der Waals surface area contributed by atoms with Crippen molar-refractivity contribution in [3.05, 3.63) is 79.1 Å². The predicted octanol–water partition coefficient (Wildman–Crippen LogP) is 2.11. The molecule has 0 aliphatic heterocycles. The number of rotatable bonds is 1. The van der Waals surface area contributed by atoms with Gasteiger partial charge < -0.3 is 1.43 Å². The number of pyridine rings is 3. The van der Waals surface area contributed by atoms with E-state index in [1.54, 1.807) is 0 Å². The van der Waals surface area contributed by atoms with Crippen LogP contribution < -0.4 is 18.9 Å². The Labute approximate surface area is 158 Å². The van der Waals surface area contributed by atoms with Crippen molar-refractivity contribution in [2.24, 2.45) is 0 Å². The Bertz CT molecular complexity index is 1220. The van der Waals surface area contributed by atoms with Crippen LogP contribution in [0.2, 0.25) is 0 Å². The van der Waals surface area contributed by atoms with Gasteiger partial charge in [-0.1, -0.05) is 42.5 Å². The average molecular weight is 315 g/mol. The van der Waals surface area contributed by atoms with E-state index in [0.717, 1.165) is 44.0 Å². The van der Waals surface area contributed by atoms with Crippen molar-refractivity contribution in [3.63, 3.8) is 0 Å². The number of fused-ring (bicyclic) bond motifs is 4. The van der Waals surface area contributed by atoms with E-state index in [0.29, 0.717) is 0 Å². The van der Waals surface area contributed by atoms with Crippen LogP contribution in [0.15, 0.2) is 79.1 Å². The number of aromatic nitrogens is 3. The fourth-order valence-corrected chi connectivity index (χ4v) is 3.20. The summed E-state index contributed by atoms with van der Waals surface area (Å²) in [5, 5.41) is 3.32. The number of hydrogen-bond acceptors (Lipinski definition) is 3. The van der Waals surface area contributed by atoms with Crippen molar-refractivity contribution in [2.75, 3.05) is 0 Å². The molecule has 0 bridgehead atoms. The SMILES string of the molecule is [H-].[Li+].c1cnc2c(c1)ccc1ccc(-c3cccc4ncccc34)nc12. The van der Waals surface area contributed by atoms with Gasteiger partial charge >= 0.3 is 18.9 Å². The van der Waals surface area contributed by atoms with Crippen LogP contribution in [0.5, 0.6) is 0 Å². The molecule has 0 amide bonds. The first-order valence-corrected chi connectivity index (χ1v) is 7.89. The van der Waals surface area contributed by atoms with Crippen LogP contribution in [0.3, 0.4) is 0 Å². The zero-order valence-corrected chi connectivity index (χ0v) is 13.8. The van der Waals surface area contributed by atoms with Crippen LogP contribution in [0, 0.1) is 0 Å². The van der Waals surface area contributed by atoms with Gasteiger partial charge in [0.2, 0.25) is 0 Å². The second-order valence-corrected chi connectivity index (χ2v) is 5.78. The van der Waals surface area contributed by atoms with E-state index >= 15 is 0 Å². The minimum Gasteiger partial charge on any atom is -1.00 e. The van der Waals surface area contributed by atoms with E-state index in [1.807, 2.05) is 36.7 Å². The van der Waals surface area contributed by atoms with Crippen molar-refractivity contribution in [3.8, 4) is 11.3 Å². The zero-order chi connectivity index (χ0) is 15.9. The molecule has 0 N–H and O–H groups in total. The topological polar surface area (TPSA) is 38.7 Å². The molecule has 2 aromatic carbocycles. The summed E-state index contributed by atoms with van der Waals surface area (Å²) >= 11 is 0. The van der Waals surface area contributed by atoms with Crippen LogP contribution in [0.25, 0.3) is 44.0 Å². The molecule has 0 radical (unpaired) electrons. The first-order valence-electron chi connectivity index (χ1n) is 7.89. The summed E-state index contributed by atoms with van der Waals surface area (Å²) in [5.74, 6) is 0. The Kier molecular flexibility index (Phi) is 3.97. The van der Waals surface area contributed by atoms with Gasteiger partial charge in [0.25, 0.3) is 0 Å². The van der Waals surface area contributed by atoms with Gasteiger partial charge in [0.15, 0.2) is 0 Å². The maximum Gasteiger partial charge on any atom is 1.00 e. The van der Waals surface area contributed by atoms with Crippen molar-refractivity contribution >= 4 is 32.7 Å². The molecule has 0 unspecified atom stereocenters. The van der Waals surface area contributed by atoms with E-state index in [-0.39, 0.29) is 20.3 Å². The fraction of sp³-hybridized carbons (Fsp3) is 0. The van der Waals surface area contributed by atoms with Crippen LogP contribution in [0.1, 0.15) is 1.43 Å². The molecule has 5 aromatic rings. The fourth-order valence-electron chi connectivity index (χ4n) is 3.20. The minimum absolute atomic E-state index is 0. The van der Waals surface area contributed by atoms with Crippen LogP contribution in [-0.4, -0.2) is 15.0 Å². The Morgan fingerprint density at radius 3 is 2.32 bits per heavy atom. The maximum atomic E-state index is 4.93. The number of hydrogen-bond donors (Lipinski definition) is 0. The molecule has 0 fully saturated rings. The van der Waals surface area contributed by atoms with Crippen LogP contribution in [-0.2, 0) is 0 Å². The van der Waals surface area contributed by atoms with Crippen molar-refractivity contribution < 1.29 is 20.3 Å². The molecule has 0 atom stereocenters. The molecular weight excluding hydrogens is 301 g/mol. The smallest absolute Gasteiger partial charge is 1.00 e. The zero-order valence-electron chi connectivity index (χ0n) is 14.8. The van der Waals surface area contributed by atoms with Crippen molar-refractivity contribution in [2.45, 2.75) is 0 Å². The molecule has 3 nitrogen and oxygen atoms in total. The largest absolute Gasteiger partial charge is 1.00 e. The summed E-state index contributed by atoms with van der Waals surface area (Å²) in [5.41, 5.74) is 4.89. The monoisotopic (exact) mass is 315 g/mol. The molecule has 0 saturated heterocycles. The molecule has 5 rings (SSSR count). The first-order chi connectivity index (χ1) is 11.9. The van der Waals surface area contributed by atoms with Gasteiger partial charge in [-0.05, 0) is 24.3 Å². The third-order valence-corrected chi connectivity index (χ3v) is 4.35. The summed E-state index contributed by atoms with van der Waals surface area (Å²) in [6.07, 6.45) is 3.63. The Morgan fingerprint density at radius 1 is 0.640 bits per heavy atom. The first kappa shape index (κ1) is 15.8. The van der Waals surface area contributed by atoms with E-state index in [2.05, 4.69) is 52.4 Å². The van der Waals surface area contributed by atoms with E-state index in [9.17, 15) is 0 Å². The Balaban J connectivity index is 0.000000980. The predicted molar refractivity (Wildman–Crippen MR) is 98.9 cm³/mol. The second kappa shape index (κ2) is 6.29. The van der Waals surface area contributed by atoms with E-state index in [4.69, 9.17) is 4.98 Å². The van der Waals surface area contributed by atoms with Crippen molar-refractivity contribution in [1.82, 2.24) is 15.0 Å². The summed E-state index contributed by atoms with van der Waals surface area (Å²) in [4.78, 5) is 13.9. The molecular formula is C21H14LiN3. The van der Waals surface area contributed by atoms with Crippen LogP contribution in [0.4, 0.5) is 0 Å². The molecule has 114 valence electrons. The van der Waals surface area contributed by atoms with E-state index in [1.165, 1.54) is 0 Å². The quantitative estimate of drug-likeness (QED) is 0.351. The normalized spacial score (nSPS) is 10.9. The van der Waals surface area contributed by atoms with E-state index < -0.39 is 0 Å². The molecule has 4 heteroatoms. The molecule has 25 heavy (non-hydrogen) atoms. The molecule has 3 heterocycles. The summed E-state index contributed by atoms with van der Waals surface area (Å²) in [6.45, 7) is 0. The molecule has 0 aliphatic rings. The van der Waals surface area contributed by atoms with Gasteiger partial charge in [-0.15, -0.1) is 0 Å². The van der Waals surface area contributed by atoms with Gasteiger partial charge in [0.05, 0.1) is 22.2 Å². The molecule has 0 aliphatic carbocycles. The molecule has 0 saturated carbocycles. The summed E-state index contributed by atoms with van der Waals surface area (Å²) in [6, 6.07) is 22.6. The van der Waals surface area contributed by atoms with Gasteiger partial charge in [-0.2, -0.15) is 0 Å².